The minimum Gasteiger partial charge on any atom is -0.508 e. The number of phenols is 2. The Morgan fingerprint density at radius 1 is 0.606 bits per heavy atom. The predicted octanol–water partition coefficient (Wildman–Crippen LogP) is 8.25. The lowest BCUT2D eigenvalue weighted by Crippen LogP contribution is -2.61. The molecule has 15 rings (SSSR count). The second kappa shape index (κ2) is 40.1. The highest BCUT2D eigenvalue weighted by atomic mass is 35.5. The number of phenolic OH excluding ortho intramolecular Hbond substituents is 2. The molecular weight excluding hydrogens is 1670 g/mol. The van der Waals surface area contributed by atoms with Crippen molar-refractivity contribution < 1.29 is 117 Å². The van der Waals surface area contributed by atoms with E-state index in [9.17, 15) is 54.9 Å². The summed E-state index contributed by atoms with van der Waals surface area (Å²) in [6.07, 6.45) is -6.67. The number of rotatable bonds is 21. The highest BCUT2D eigenvalue weighted by Gasteiger charge is 2.52. The van der Waals surface area contributed by atoms with E-state index in [0.717, 1.165) is 93.7 Å². The van der Waals surface area contributed by atoms with Gasteiger partial charge in [0.2, 0.25) is 59.3 Å². The van der Waals surface area contributed by atoms with Crippen molar-refractivity contribution in [3.8, 4) is 51.4 Å². The number of aliphatic hydroxyl groups excluding tert-OH is 5. The molecule has 12 amide bonds. The van der Waals surface area contributed by atoms with Gasteiger partial charge in [-0.25, -0.2) is 14.4 Å². The topological polar surface area (TPSA) is 508 Å². The second-order valence-corrected chi connectivity index (χ2v) is 37.3. The van der Waals surface area contributed by atoms with E-state index in [0.29, 0.717) is 18.3 Å². The minimum absolute atomic E-state index is 0.0506. The van der Waals surface area contributed by atoms with Crippen molar-refractivity contribution in [2.45, 2.75) is 269 Å². The number of hydrogen-bond donors (Lipinski definition) is 17. The van der Waals surface area contributed by atoms with Gasteiger partial charge in [0.15, 0.2) is 11.5 Å². The van der Waals surface area contributed by atoms with Crippen molar-refractivity contribution in [2.75, 3.05) is 20.1 Å². The summed E-state index contributed by atoms with van der Waals surface area (Å²) in [6, 6.07) is 0.297. The van der Waals surface area contributed by atoms with E-state index >= 15 is 33.6 Å². The molecular formula is C91H118ClN11O24. The lowest BCUT2D eigenvalue weighted by molar-refractivity contribution is -0.270. The first kappa shape index (κ1) is 95.0. The molecule has 6 heterocycles. The number of aryl methyl sites for hydroxylation is 2. The molecule has 5 aromatic rings. The number of ether oxygens (including phenoxy) is 6. The summed E-state index contributed by atoms with van der Waals surface area (Å²) in [5.41, 5.74) is -2.77. The Kier molecular flexibility index (Phi) is 30.0. The fraction of sp³-hybridized carbons (Fsp3) is 0.549. The van der Waals surface area contributed by atoms with Crippen molar-refractivity contribution in [2.24, 2.45) is 29.6 Å². The van der Waals surface area contributed by atoms with Gasteiger partial charge in [-0.05, 0) is 235 Å². The fourth-order valence-electron chi connectivity index (χ4n) is 18.1. The van der Waals surface area contributed by atoms with Crippen molar-refractivity contribution >= 4 is 77.1 Å². The van der Waals surface area contributed by atoms with E-state index in [1.807, 2.05) is 0 Å². The zero-order chi connectivity index (χ0) is 92.1. The minimum atomic E-state index is -2.37. The number of carbonyl (C=O) groups excluding carboxylic acids is 11. The molecule has 14 atom stereocenters. The number of imide groups is 1. The highest BCUT2D eigenvalue weighted by Crippen LogP contribution is 2.55. The molecule has 4 aliphatic carbocycles. The number of fused-ring (bicyclic) bond motifs is 15. The van der Waals surface area contributed by atoms with Crippen molar-refractivity contribution in [3.63, 3.8) is 0 Å². The maximum absolute atomic E-state index is 16.7. The van der Waals surface area contributed by atoms with Gasteiger partial charge in [0.1, 0.15) is 113 Å². The number of nitrogens with zero attached hydrogens (tertiary/aromatic N) is 1. The number of hydrogen-bond acceptors (Lipinski definition) is 24. The van der Waals surface area contributed by atoms with Crippen LogP contribution >= 0.6 is 11.6 Å². The van der Waals surface area contributed by atoms with Crippen LogP contribution in [0.1, 0.15) is 221 Å². The van der Waals surface area contributed by atoms with Gasteiger partial charge >= 0.3 is 18.2 Å². The van der Waals surface area contributed by atoms with Crippen LogP contribution < -0.4 is 67.4 Å². The van der Waals surface area contributed by atoms with Crippen molar-refractivity contribution in [1.29, 1.82) is 0 Å². The van der Waals surface area contributed by atoms with Crippen LogP contribution in [0.3, 0.4) is 0 Å². The molecule has 0 unspecified atom stereocenters. The van der Waals surface area contributed by atoms with Crippen LogP contribution in [0.4, 0.5) is 14.4 Å². The molecule has 5 fully saturated rings. The van der Waals surface area contributed by atoms with E-state index in [2.05, 4.69) is 60.1 Å². The standard InChI is InChI=1S/C91H118ClN11O24/c1-13-14-15-16-17-18-19-26-93-87(119)96-65(106)40-57-79(112)98-69-52-37-62(122-60-24-21-48(28-43(60)4)73(107)71(84(117)95-57)101-80(113)58(27-42(2)3)103(12)89(121)127-91(9,10)11)78(125-86-77(111)76(110)75(109)64(124-86)41-94-88(120)126-90(6,7)8)63(38-52)123-61-25-22-49(36-56(61)92)74(108)72-85(118)100-70(83(116)97-67-50-31-45-30-46(33-50)34-51(67)32-45)55-39-53(104)29-44(5)66(55)54-35-47(20-23-59(54)105)68(81(114)102-72)99-82(69)115/h20-25,28-29,35-39,42,45-46,50-51,57-58,64,67-77,86,104-105,107-111H,13-19,26-27,30-34,40-41H2,1-12H3,(H,94,120)(H,95,117)(H,97,116)(H,98,112)(H,99,115)(H,100,118)(H,101,113)(H,102,114)(H2,93,96,106,119)/t45?,46?,50?,51?,57-,58+,64+,67?,68+,69+,70-,71+,72-,73+,74+,75+,76-,77+,86-/m0/s1. The Morgan fingerprint density at radius 3 is 1.85 bits per heavy atom. The van der Waals surface area contributed by atoms with Crippen LogP contribution in [0.5, 0.6) is 40.2 Å². The Balaban J connectivity index is 1.05. The first-order chi connectivity index (χ1) is 60.0. The SMILES string of the molecule is CCCCCCCCCNC(=O)NC(=O)C[C@@H]1NC(=O)[C@H](NC(=O)[C@@H](CC(C)C)N(C)C(=O)OC(C)(C)C)[C@H](O)c2ccc(c(C)c2)Oc2cc3cc(c2O[C@@H]2O[C@H](CNC(=O)OC(C)(C)C)[C@@H](O)[C@H](O)[C@H]2O)Oc2ccc(cc2Cl)[C@@H](O)[C@@H]2NC(=O)[C@H](NC(=O)[C@@H]3NC1=O)c1ccc(O)c(c1)-c1c(C)cc(O)cc1[C@@H](C(=O)NC1C3CC4CC(C3)CC1C4)NC2=O. The second-order valence-electron chi connectivity index (χ2n) is 36.9. The zero-order valence-corrected chi connectivity index (χ0v) is 74.0. The average molecular weight is 1790 g/mol. The Bertz CT molecular complexity index is 4950. The Morgan fingerprint density at radius 2 is 1.21 bits per heavy atom. The molecule has 127 heavy (non-hydrogen) atoms. The summed E-state index contributed by atoms with van der Waals surface area (Å²) in [7, 11) is 1.29. The van der Waals surface area contributed by atoms with Crippen molar-refractivity contribution in [3.05, 3.63) is 123 Å². The maximum atomic E-state index is 16.7. The van der Waals surface area contributed by atoms with Crippen LogP contribution in [0, 0.1) is 43.4 Å². The normalized spacial score (nSPS) is 26.5. The molecule has 15 bridgehead atoms. The number of likely N-dealkylation sites (N-methyl/N-ethyl adjacent to an activating group) is 1. The van der Waals surface area contributed by atoms with Crippen LogP contribution in [-0.4, -0.2) is 198 Å². The third-order valence-electron chi connectivity index (χ3n) is 24.1. The molecule has 36 heteroatoms. The highest BCUT2D eigenvalue weighted by molar-refractivity contribution is 6.32. The van der Waals surface area contributed by atoms with Gasteiger partial charge in [-0.2, -0.15) is 0 Å². The Labute approximate surface area is 740 Å². The molecule has 35 nitrogen and oxygen atoms in total. The van der Waals surface area contributed by atoms with Gasteiger partial charge in [0, 0.05) is 31.7 Å². The third kappa shape index (κ3) is 22.9. The van der Waals surface area contributed by atoms with Gasteiger partial charge in [-0.15, -0.1) is 0 Å². The van der Waals surface area contributed by atoms with E-state index in [-0.39, 0.29) is 104 Å². The molecule has 0 spiro atoms. The quantitative estimate of drug-likeness (QED) is 0.0307. The van der Waals surface area contributed by atoms with E-state index in [4.69, 9.17) is 40.0 Å². The molecule has 10 aliphatic rings. The number of aliphatic hydroxyl groups is 5. The summed E-state index contributed by atoms with van der Waals surface area (Å²) in [4.78, 5) is 168. The number of unbranched alkanes of at least 4 members (excludes halogenated alkanes) is 6. The molecule has 0 aromatic heterocycles. The number of nitrogens with one attached hydrogen (secondary N) is 10. The zero-order valence-electron chi connectivity index (χ0n) is 73.3. The molecule has 17 N–H and O–H groups in total. The van der Waals surface area contributed by atoms with Gasteiger partial charge in [0.25, 0.3) is 0 Å². The summed E-state index contributed by atoms with van der Waals surface area (Å²) in [5.74, 6) is -12.0. The van der Waals surface area contributed by atoms with E-state index in [1.165, 1.54) is 74.6 Å². The lowest BCUT2D eigenvalue weighted by Gasteiger charge is -2.54. The van der Waals surface area contributed by atoms with Gasteiger partial charge in [0.05, 0.1) is 11.4 Å². The lowest BCUT2D eigenvalue weighted by atomic mass is 9.54. The van der Waals surface area contributed by atoms with Crippen LogP contribution in [0.15, 0.2) is 78.9 Å². The van der Waals surface area contributed by atoms with E-state index < -0.39 is 203 Å². The largest absolute Gasteiger partial charge is 0.508 e. The molecule has 6 aliphatic heterocycles. The third-order valence-corrected chi connectivity index (χ3v) is 24.4. The monoisotopic (exact) mass is 1780 g/mol. The van der Waals surface area contributed by atoms with Crippen LogP contribution in [0.25, 0.3) is 11.1 Å². The van der Waals surface area contributed by atoms with E-state index in [1.54, 1.807) is 62.3 Å². The molecule has 0 radical (unpaired) electrons. The first-order valence-corrected chi connectivity index (χ1v) is 43.8. The number of carbonyl (C=O) groups is 11. The number of alkyl carbamates (subject to hydrolysis) is 1. The summed E-state index contributed by atoms with van der Waals surface area (Å²) < 4.78 is 37.5. The van der Waals surface area contributed by atoms with Gasteiger partial charge in [-0.1, -0.05) is 89.1 Å². The molecule has 688 valence electrons. The molecule has 4 saturated carbocycles. The Hall–Kier alpha value is -11.1. The number of amides is 12. The van der Waals surface area contributed by atoms with Crippen LogP contribution in [-0.2, 0) is 52.6 Å². The van der Waals surface area contributed by atoms with Crippen LogP contribution in [0.2, 0.25) is 5.02 Å². The van der Waals surface area contributed by atoms with Gasteiger partial charge < -0.3 is 112 Å². The smallest absolute Gasteiger partial charge is 0.410 e. The average Bonchev–Trinajstić information content (AvgIpc) is 0.757. The number of benzene rings is 5. The summed E-state index contributed by atoms with van der Waals surface area (Å²) in [5, 5.41) is 111. The van der Waals surface area contributed by atoms with Gasteiger partial charge in [-0.3, -0.25) is 48.6 Å². The predicted molar refractivity (Wildman–Crippen MR) is 459 cm³/mol. The molecule has 1 saturated heterocycles. The number of urea groups is 1. The number of halogens is 1. The maximum Gasteiger partial charge on any atom is 0.410 e. The van der Waals surface area contributed by atoms with Crippen molar-refractivity contribution in [1.82, 2.24) is 58.1 Å². The fourth-order valence-corrected chi connectivity index (χ4v) is 18.3. The summed E-state index contributed by atoms with van der Waals surface area (Å²) in [6.45, 7) is 17.8. The first-order valence-electron chi connectivity index (χ1n) is 43.5. The number of aromatic hydroxyl groups is 2. The molecule has 5 aromatic carbocycles. The summed E-state index contributed by atoms with van der Waals surface area (Å²) >= 11 is 7.28.